The van der Waals surface area contributed by atoms with Gasteiger partial charge >= 0.3 is 0 Å². The SMILES string of the molecule is CCn1ncc(N2CCCC2C2CCCN2)c(Cl)c1=O. The first-order chi connectivity index (χ1) is 9.72. The Labute approximate surface area is 123 Å². The van der Waals surface area contributed by atoms with Gasteiger partial charge in [-0.3, -0.25) is 4.79 Å². The molecule has 2 aliphatic rings. The van der Waals surface area contributed by atoms with E-state index in [1.165, 1.54) is 17.5 Å². The first kappa shape index (κ1) is 13.9. The minimum Gasteiger partial charge on any atom is -0.364 e. The van der Waals surface area contributed by atoms with Crippen molar-refractivity contribution in [3.8, 4) is 0 Å². The minimum atomic E-state index is -0.184. The highest BCUT2D eigenvalue weighted by molar-refractivity contribution is 6.33. The van der Waals surface area contributed by atoms with Crippen molar-refractivity contribution in [3.63, 3.8) is 0 Å². The Balaban J connectivity index is 1.91. The molecule has 2 saturated heterocycles. The molecule has 0 bridgehead atoms. The average molecular weight is 297 g/mol. The van der Waals surface area contributed by atoms with Crippen LogP contribution in [-0.4, -0.2) is 35.0 Å². The standard InChI is InChI=1S/C14H21ClN4O/c1-2-19-14(20)13(15)12(9-17-19)18-8-4-6-11(18)10-5-3-7-16-10/h9-11,16H,2-8H2,1H3. The van der Waals surface area contributed by atoms with E-state index >= 15 is 0 Å². The Morgan fingerprint density at radius 3 is 3.00 bits per heavy atom. The lowest BCUT2D eigenvalue weighted by molar-refractivity contribution is 0.481. The normalized spacial score (nSPS) is 26.4. The van der Waals surface area contributed by atoms with Crippen LogP contribution in [0.3, 0.4) is 0 Å². The molecule has 0 spiro atoms. The molecule has 5 nitrogen and oxygen atoms in total. The fourth-order valence-corrected chi connectivity index (χ4v) is 3.69. The Bertz CT molecular complexity index is 538. The Kier molecular flexibility index (Phi) is 3.98. The lowest BCUT2D eigenvalue weighted by atomic mass is 10.0. The lowest BCUT2D eigenvalue weighted by Gasteiger charge is -2.31. The second-order valence-electron chi connectivity index (χ2n) is 5.57. The van der Waals surface area contributed by atoms with E-state index in [0.29, 0.717) is 23.7 Å². The summed E-state index contributed by atoms with van der Waals surface area (Å²) in [6, 6.07) is 0.954. The number of aromatic nitrogens is 2. The molecular weight excluding hydrogens is 276 g/mol. The van der Waals surface area contributed by atoms with E-state index in [0.717, 1.165) is 31.6 Å². The molecule has 1 N–H and O–H groups in total. The third kappa shape index (κ3) is 2.33. The summed E-state index contributed by atoms with van der Waals surface area (Å²) in [5.74, 6) is 0. The van der Waals surface area contributed by atoms with E-state index in [1.54, 1.807) is 6.20 Å². The van der Waals surface area contributed by atoms with Gasteiger partial charge in [0.15, 0.2) is 0 Å². The summed E-state index contributed by atoms with van der Waals surface area (Å²) >= 11 is 6.29. The molecule has 2 unspecified atom stereocenters. The number of hydrogen-bond donors (Lipinski definition) is 1. The molecular formula is C14H21ClN4O. The molecule has 2 aliphatic heterocycles. The predicted molar refractivity (Wildman–Crippen MR) is 80.6 cm³/mol. The number of aryl methyl sites for hydroxylation is 1. The summed E-state index contributed by atoms with van der Waals surface area (Å²) < 4.78 is 1.41. The van der Waals surface area contributed by atoms with Gasteiger partial charge < -0.3 is 10.2 Å². The van der Waals surface area contributed by atoms with E-state index < -0.39 is 0 Å². The van der Waals surface area contributed by atoms with Crippen molar-refractivity contribution in [3.05, 3.63) is 21.6 Å². The molecule has 0 saturated carbocycles. The molecule has 2 atom stereocenters. The van der Waals surface area contributed by atoms with E-state index in [9.17, 15) is 4.79 Å². The highest BCUT2D eigenvalue weighted by Crippen LogP contribution is 2.32. The van der Waals surface area contributed by atoms with Gasteiger partial charge in [0.2, 0.25) is 0 Å². The monoisotopic (exact) mass is 296 g/mol. The fraction of sp³-hybridized carbons (Fsp3) is 0.714. The number of halogens is 1. The first-order valence-corrected chi connectivity index (χ1v) is 7.85. The molecule has 0 aliphatic carbocycles. The van der Waals surface area contributed by atoms with Crippen molar-refractivity contribution < 1.29 is 0 Å². The van der Waals surface area contributed by atoms with Crippen LogP contribution in [0.25, 0.3) is 0 Å². The Morgan fingerprint density at radius 2 is 2.30 bits per heavy atom. The van der Waals surface area contributed by atoms with Crippen molar-refractivity contribution in [2.75, 3.05) is 18.0 Å². The first-order valence-electron chi connectivity index (χ1n) is 7.48. The molecule has 6 heteroatoms. The summed E-state index contributed by atoms with van der Waals surface area (Å²) in [5, 5.41) is 8.10. The van der Waals surface area contributed by atoms with E-state index in [2.05, 4.69) is 15.3 Å². The zero-order valence-corrected chi connectivity index (χ0v) is 12.6. The molecule has 20 heavy (non-hydrogen) atoms. The lowest BCUT2D eigenvalue weighted by Crippen LogP contribution is -2.44. The van der Waals surface area contributed by atoms with Crippen LogP contribution in [0.15, 0.2) is 11.0 Å². The van der Waals surface area contributed by atoms with Gasteiger partial charge in [-0.15, -0.1) is 0 Å². The van der Waals surface area contributed by atoms with Gasteiger partial charge in [0.1, 0.15) is 5.02 Å². The summed E-state index contributed by atoms with van der Waals surface area (Å²) in [6.45, 7) is 4.50. The highest BCUT2D eigenvalue weighted by Gasteiger charge is 2.34. The van der Waals surface area contributed by atoms with E-state index in [-0.39, 0.29) is 5.56 Å². The number of anilines is 1. The van der Waals surface area contributed by atoms with E-state index in [1.807, 2.05) is 6.92 Å². The van der Waals surface area contributed by atoms with Gasteiger partial charge in [-0.05, 0) is 39.2 Å². The molecule has 2 fully saturated rings. The highest BCUT2D eigenvalue weighted by atomic mass is 35.5. The zero-order chi connectivity index (χ0) is 14.1. The Morgan fingerprint density at radius 1 is 1.45 bits per heavy atom. The zero-order valence-electron chi connectivity index (χ0n) is 11.8. The van der Waals surface area contributed by atoms with Gasteiger partial charge in [-0.1, -0.05) is 11.6 Å². The Hall–Kier alpha value is -1.07. The third-order valence-electron chi connectivity index (χ3n) is 4.44. The fourth-order valence-electron chi connectivity index (χ4n) is 3.43. The maximum Gasteiger partial charge on any atom is 0.287 e. The van der Waals surface area contributed by atoms with Gasteiger partial charge in [0, 0.05) is 25.2 Å². The molecule has 0 amide bonds. The van der Waals surface area contributed by atoms with Crippen molar-refractivity contribution >= 4 is 17.3 Å². The second-order valence-corrected chi connectivity index (χ2v) is 5.95. The van der Waals surface area contributed by atoms with E-state index in [4.69, 9.17) is 11.6 Å². The molecule has 1 aromatic heterocycles. The molecule has 110 valence electrons. The third-order valence-corrected chi connectivity index (χ3v) is 4.79. The van der Waals surface area contributed by atoms with Crippen LogP contribution < -0.4 is 15.8 Å². The van der Waals surface area contributed by atoms with Crippen LogP contribution in [-0.2, 0) is 6.54 Å². The molecule has 0 aromatic carbocycles. The van der Waals surface area contributed by atoms with Crippen molar-refractivity contribution in [2.45, 2.75) is 51.2 Å². The topological polar surface area (TPSA) is 50.2 Å². The average Bonchev–Trinajstić information content (AvgIpc) is 3.11. The smallest absolute Gasteiger partial charge is 0.287 e. The summed E-state index contributed by atoms with van der Waals surface area (Å²) in [5.41, 5.74) is 0.620. The van der Waals surface area contributed by atoms with Gasteiger partial charge in [0.25, 0.3) is 5.56 Å². The van der Waals surface area contributed by atoms with Gasteiger partial charge in [-0.25, -0.2) is 4.68 Å². The molecule has 1 aromatic rings. The number of rotatable bonds is 3. The van der Waals surface area contributed by atoms with Crippen LogP contribution in [0, 0.1) is 0 Å². The van der Waals surface area contributed by atoms with Crippen LogP contribution >= 0.6 is 11.6 Å². The van der Waals surface area contributed by atoms with Crippen molar-refractivity contribution in [2.24, 2.45) is 0 Å². The summed E-state index contributed by atoms with van der Waals surface area (Å²) in [6.07, 6.45) is 6.50. The van der Waals surface area contributed by atoms with Crippen molar-refractivity contribution in [1.82, 2.24) is 15.1 Å². The number of nitrogens with zero attached hydrogens (tertiary/aromatic N) is 3. The maximum absolute atomic E-state index is 12.1. The van der Waals surface area contributed by atoms with Crippen molar-refractivity contribution in [1.29, 1.82) is 0 Å². The minimum absolute atomic E-state index is 0.184. The van der Waals surface area contributed by atoms with Crippen LogP contribution in [0.4, 0.5) is 5.69 Å². The second kappa shape index (κ2) is 5.74. The largest absolute Gasteiger partial charge is 0.364 e. The molecule has 0 radical (unpaired) electrons. The molecule has 3 rings (SSSR count). The van der Waals surface area contributed by atoms with Gasteiger partial charge in [0.05, 0.1) is 11.9 Å². The predicted octanol–water partition coefficient (Wildman–Crippen LogP) is 1.64. The number of nitrogens with one attached hydrogen (secondary N) is 1. The molecule has 3 heterocycles. The maximum atomic E-state index is 12.1. The van der Waals surface area contributed by atoms with Crippen LogP contribution in [0.2, 0.25) is 5.02 Å². The summed E-state index contributed by atoms with van der Waals surface area (Å²) in [4.78, 5) is 14.4. The summed E-state index contributed by atoms with van der Waals surface area (Å²) in [7, 11) is 0. The quantitative estimate of drug-likeness (QED) is 0.921. The number of hydrogen-bond acceptors (Lipinski definition) is 4. The van der Waals surface area contributed by atoms with Crippen LogP contribution in [0.5, 0.6) is 0 Å². The van der Waals surface area contributed by atoms with Gasteiger partial charge in [-0.2, -0.15) is 5.10 Å². The van der Waals surface area contributed by atoms with Crippen LogP contribution in [0.1, 0.15) is 32.6 Å².